The number of alkyl halides is 3. The van der Waals surface area contributed by atoms with Crippen molar-refractivity contribution in [3.8, 4) is 0 Å². The van der Waals surface area contributed by atoms with Crippen molar-refractivity contribution in [2.24, 2.45) is 0 Å². The van der Waals surface area contributed by atoms with Gasteiger partial charge in [-0.3, -0.25) is 4.79 Å². The number of fused-ring (bicyclic) bond motifs is 1. The summed E-state index contributed by atoms with van der Waals surface area (Å²) in [5, 5.41) is 13.0. The standard InChI is InChI=1S/C18H18ClF3N4O2/c1-9-2-3-26(9)15-13(19)5-10-4-11(8-23-14(10)25-15)16(27)24-12-6-17(28,7-12)18(20,21)22/h4-5,8-9,12,28H,2-3,6-7H2,1H3,(H,24,27)/t9-,12-,17+/m0/s1. The molecule has 1 atom stereocenters. The van der Waals surface area contributed by atoms with Crippen LogP contribution in [0.15, 0.2) is 18.3 Å². The number of aromatic nitrogens is 2. The fraction of sp³-hybridized carbons (Fsp3) is 0.500. The highest BCUT2D eigenvalue weighted by molar-refractivity contribution is 6.33. The third-order valence-corrected chi connectivity index (χ3v) is 5.77. The molecule has 0 radical (unpaired) electrons. The summed E-state index contributed by atoms with van der Waals surface area (Å²) >= 11 is 6.33. The van der Waals surface area contributed by atoms with E-state index in [4.69, 9.17) is 11.6 Å². The molecule has 150 valence electrons. The van der Waals surface area contributed by atoms with E-state index in [0.717, 1.165) is 13.0 Å². The van der Waals surface area contributed by atoms with Crippen LogP contribution in [0.5, 0.6) is 0 Å². The van der Waals surface area contributed by atoms with E-state index in [1.54, 1.807) is 12.1 Å². The Morgan fingerprint density at radius 2 is 2.11 bits per heavy atom. The Morgan fingerprint density at radius 1 is 1.39 bits per heavy atom. The highest BCUT2D eigenvalue weighted by atomic mass is 35.5. The lowest BCUT2D eigenvalue weighted by Crippen LogP contribution is -2.62. The maximum Gasteiger partial charge on any atom is 0.417 e. The monoisotopic (exact) mass is 414 g/mol. The fourth-order valence-electron chi connectivity index (χ4n) is 3.54. The number of carbonyl (C=O) groups excluding carboxylic acids is 1. The van der Waals surface area contributed by atoms with Gasteiger partial charge in [-0.1, -0.05) is 11.6 Å². The van der Waals surface area contributed by atoms with E-state index < -0.39 is 36.6 Å². The zero-order valence-corrected chi connectivity index (χ0v) is 15.7. The lowest BCUT2D eigenvalue weighted by atomic mass is 9.75. The second kappa shape index (κ2) is 6.45. The first-order valence-electron chi connectivity index (χ1n) is 8.90. The van der Waals surface area contributed by atoms with Gasteiger partial charge in [-0.15, -0.1) is 0 Å². The molecule has 1 saturated heterocycles. The molecule has 0 bridgehead atoms. The van der Waals surface area contributed by atoms with E-state index in [9.17, 15) is 23.1 Å². The number of aliphatic hydroxyl groups is 1. The number of halogens is 4. The summed E-state index contributed by atoms with van der Waals surface area (Å²) in [6, 6.07) is 2.84. The number of anilines is 1. The molecule has 1 saturated carbocycles. The molecule has 3 heterocycles. The second-order valence-electron chi connectivity index (χ2n) is 7.50. The minimum Gasteiger partial charge on any atom is -0.380 e. The van der Waals surface area contributed by atoms with E-state index in [0.29, 0.717) is 27.9 Å². The Kier molecular flexibility index (Phi) is 4.42. The average Bonchev–Trinajstić information content (AvgIpc) is 2.58. The Hall–Kier alpha value is -2.13. The first kappa shape index (κ1) is 19.2. The zero-order chi connectivity index (χ0) is 20.3. The van der Waals surface area contributed by atoms with Crippen LogP contribution < -0.4 is 10.2 Å². The van der Waals surface area contributed by atoms with Gasteiger partial charge < -0.3 is 15.3 Å². The number of hydrogen-bond donors (Lipinski definition) is 2. The minimum absolute atomic E-state index is 0.192. The van der Waals surface area contributed by atoms with Gasteiger partial charge >= 0.3 is 6.18 Å². The summed E-state index contributed by atoms with van der Waals surface area (Å²) in [5.41, 5.74) is -2.10. The summed E-state index contributed by atoms with van der Waals surface area (Å²) in [7, 11) is 0. The molecule has 28 heavy (non-hydrogen) atoms. The second-order valence-corrected chi connectivity index (χ2v) is 7.91. The highest BCUT2D eigenvalue weighted by Crippen LogP contribution is 2.45. The topological polar surface area (TPSA) is 78.4 Å². The van der Waals surface area contributed by atoms with Crippen molar-refractivity contribution >= 4 is 34.4 Å². The third kappa shape index (κ3) is 3.16. The molecule has 2 N–H and O–H groups in total. The van der Waals surface area contributed by atoms with Gasteiger partial charge in [-0.05, 0) is 25.5 Å². The van der Waals surface area contributed by atoms with Crippen LogP contribution in [0.4, 0.5) is 19.0 Å². The van der Waals surface area contributed by atoms with Gasteiger partial charge in [-0.25, -0.2) is 9.97 Å². The van der Waals surface area contributed by atoms with Gasteiger partial charge in [0, 0.05) is 43.1 Å². The zero-order valence-electron chi connectivity index (χ0n) is 14.9. The molecule has 2 aromatic heterocycles. The van der Waals surface area contributed by atoms with Crippen molar-refractivity contribution in [3.63, 3.8) is 0 Å². The predicted octanol–water partition coefficient (Wildman–Crippen LogP) is 3.07. The maximum atomic E-state index is 12.7. The first-order valence-corrected chi connectivity index (χ1v) is 9.28. The number of rotatable bonds is 3. The molecule has 0 unspecified atom stereocenters. The normalized spacial score (nSPS) is 27.3. The minimum atomic E-state index is -4.70. The van der Waals surface area contributed by atoms with Crippen LogP contribution in [0.1, 0.15) is 36.5 Å². The molecular formula is C18H18ClF3N4O2. The average molecular weight is 415 g/mol. The number of nitrogens with zero attached hydrogens (tertiary/aromatic N) is 3. The molecule has 1 aliphatic carbocycles. The number of amides is 1. The number of hydrogen-bond acceptors (Lipinski definition) is 5. The number of carbonyl (C=O) groups is 1. The van der Waals surface area contributed by atoms with E-state index in [2.05, 4.69) is 27.1 Å². The molecule has 2 fully saturated rings. The van der Waals surface area contributed by atoms with Crippen molar-refractivity contribution < 1.29 is 23.1 Å². The number of nitrogens with one attached hydrogen (secondary N) is 1. The summed E-state index contributed by atoms with van der Waals surface area (Å²) in [6.45, 7) is 2.94. The van der Waals surface area contributed by atoms with Crippen molar-refractivity contribution in [1.29, 1.82) is 0 Å². The fourth-order valence-corrected chi connectivity index (χ4v) is 3.81. The van der Waals surface area contributed by atoms with Crippen LogP contribution in [0.25, 0.3) is 11.0 Å². The predicted molar refractivity (Wildman–Crippen MR) is 97.5 cm³/mol. The lowest BCUT2D eigenvalue weighted by Gasteiger charge is -2.44. The van der Waals surface area contributed by atoms with Crippen LogP contribution in [0.3, 0.4) is 0 Å². The summed E-state index contributed by atoms with van der Waals surface area (Å²) in [4.78, 5) is 23.1. The summed E-state index contributed by atoms with van der Waals surface area (Å²) < 4.78 is 38.0. The molecular weight excluding hydrogens is 397 g/mol. The Morgan fingerprint density at radius 3 is 2.68 bits per heavy atom. The Bertz CT molecular complexity index is 946. The molecule has 1 aliphatic heterocycles. The van der Waals surface area contributed by atoms with Crippen molar-refractivity contribution in [2.75, 3.05) is 11.4 Å². The van der Waals surface area contributed by atoms with Gasteiger partial charge in [0.2, 0.25) is 0 Å². The Balaban J connectivity index is 1.49. The van der Waals surface area contributed by atoms with Crippen LogP contribution in [-0.4, -0.2) is 51.4 Å². The van der Waals surface area contributed by atoms with Crippen molar-refractivity contribution in [2.45, 2.75) is 50.0 Å². The molecule has 2 aromatic rings. The van der Waals surface area contributed by atoms with E-state index in [1.165, 1.54) is 6.20 Å². The summed E-state index contributed by atoms with van der Waals surface area (Å²) in [5.74, 6) is 0.0960. The van der Waals surface area contributed by atoms with Gasteiger partial charge in [0.1, 0.15) is 5.82 Å². The van der Waals surface area contributed by atoms with Crippen molar-refractivity contribution in [3.05, 3.63) is 28.9 Å². The van der Waals surface area contributed by atoms with E-state index >= 15 is 0 Å². The van der Waals surface area contributed by atoms with Crippen LogP contribution in [-0.2, 0) is 0 Å². The molecule has 10 heteroatoms. The lowest BCUT2D eigenvalue weighted by molar-refractivity contribution is -0.291. The maximum absolute atomic E-state index is 12.7. The van der Waals surface area contributed by atoms with Crippen LogP contribution >= 0.6 is 11.6 Å². The smallest absolute Gasteiger partial charge is 0.380 e. The van der Waals surface area contributed by atoms with Gasteiger partial charge in [0.15, 0.2) is 11.2 Å². The van der Waals surface area contributed by atoms with Crippen LogP contribution in [0.2, 0.25) is 5.02 Å². The van der Waals surface area contributed by atoms with Crippen LogP contribution in [0, 0.1) is 0 Å². The van der Waals surface area contributed by atoms with E-state index in [-0.39, 0.29) is 5.56 Å². The molecule has 1 amide bonds. The first-order chi connectivity index (χ1) is 13.1. The molecule has 2 aliphatic rings. The van der Waals surface area contributed by atoms with Gasteiger partial charge in [0.05, 0.1) is 10.6 Å². The molecule has 0 spiro atoms. The third-order valence-electron chi connectivity index (χ3n) is 5.49. The summed E-state index contributed by atoms with van der Waals surface area (Å²) in [6.07, 6.45) is -3.43. The number of pyridine rings is 2. The van der Waals surface area contributed by atoms with E-state index in [1.807, 2.05) is 0 Å². The largest absolute Gasteiger partial charge is 0.417 e. The highest BCUT2D eigenvalue weighted by Gasteiger charge is 2.61. The van der Waals surface area contributed by atoms with Crippen molar-refractivity contribution in [1.82, 2.24) is 15.3 Å². The Labute approximate surface area is 163 Å². The van der Waals surface area contributed by atoms with Gasteiger partial charge in [-0.2, -0.15) is 13.2 Å². The molecule has 0 aromatic carbocycles. The molecule has 4 rings (SSSR count). The quantitative estimate of drug-likeness (QED) is 0.807. The van der Waals surface area contributed by atoms with Gasteiger partial charge in [0.25, 0.3) is 5.91 Å². The molecule has 6 nitrogen and oxygen atoms in total. The SMILES string of the molecule is C[C@H]1CCN1c1nc2ncc(C(=O)N[C@H]3C[C@](O)(C(F)(F)F)C3)cc2cc1Cl.